The third-order valence-electron chi connectivity index (χ3n) is 2.78. The summed E-state index contributed by atoms with van der Waals surface area (Å²) in [6, 6.07) is -0.581. The van der Waals surface area contributed by atoms with E-state index in [-0.39, 0.29) is 30.4 Å². The maximum atomic E-state index is 12.1. The summed E-state index contributed by atoms with van der Waals surface area (Å²) in [4.78, 5) is 10.4. The van der Waals surface area contributed by atoms with Gasteiger partial charge in [-0.05, 0) is 5.92 Å². The monoisotopic (exact) mass is 305 g/mol. The van der Waals surface area contributed by atoms with Gasteiger partial charge in [0.2, 0.25) is 10.0 Å². The lowest BCUT2D eigenvalue weighted by Crippen LogP contribution is -2.40. The third-order valence-corrected chi connectivity index (χ3v) is 4.23. The van der Waals surface area contributed by atoms with Crippen LogP contribution in [0.4, 0.5) is 0 Å². The summed E-state index contributed by atoms with van der Waals surface area (Å²) < 4.78 is 27.8. The molecule has 0 aromatic carbocycles. The van der Waals surface area contributed by atoms with E-state index in [2.05, 4.69) is 9.82 Å². The number of hydrogen-bond donors (Lipinski definition) is 3. The fraction of sp³-hybridized carbons (Fsp3) is 0.636. The molecule has 0 bridgehead atoms. The van der Waals surface area contributed by atoms with Crippen LogP contribution >= 0.6 is 0 Å². The number of sulfonamides is 1. The lowest BCUT2D eigenvalue weighted by atomic mass is 10.1. The van der Waals surface area contributed by atoms with Gasteiger partial charge in [0, 0.05) is 12.2 Å². The Kier molecular flexibility index (Phi) is 5.66. The summed E-state index contributed by atoms with van der Waals surface area (Å²) in [6.45, 7) is 3.38. The number of aryl methyl sites for hydroxylation is 1. The van der Waals surface area contributed by atoms with Crippen LogP contribution in [0.25, 0.3) is 0 Å². The minimum Gasteiger partial charge on any atom is -0.481 e. The van der Waals surface area contributed by atoms with Crippen LogP contribution in [0.5, 0.6) is 0 Å². The highest BCUT2D eigenvalue weighted by atomic mass is 32.2. The molecule has 0 aliphatic rings. The number of carbonyl (C=O) groups is 1. The number of rotatable bonds is 8. The van der Waals surface area contributed by atoms with E-state index in [0.717, 1.165) is 6.20 Å². The molecule has 1 heterocycles. The van der Waals surface area contributed by atoms with E-state index in [9.17, 15) is 13.2 Å². The molecule has 1 aromatic heterocycles. The van der Waals surface area contributed by atoms with Gasteiger partial charge in [-0.3, -0.25) is 9.48 Å². The number of nitrogens with zero attached hydrogens (tertiary/aromatic N) is 2. The van der Waals surface area contributed by atoms with Crippen molar-refractivity contribution in [2.75, 3.05) is 6.61 Å². The molecule has 0 spiro atoms. The van der Waals surface area contributed by atoms with Crippen molar-refractivity contribution >= 4 is 16.0 Å². The first-order valence-electron chi connectivity index (χ1n) is 6.13. The number of hydrogen-bond acceptors (Lipinski definition) is 5. The van der Waals surface area contributed by atoms with Crippen molar-refractivity contribution in [3.63, 3.8) is 0 Å². The summed E-state index contributed by atoms with van der Waals surface area (Å²) in [5.74, 6) is -1.04. The lowest BCUT2D eigenvalue weighted by molar-refractivity contribution is -0.137. The van der Waals surface area contributed by atoms with E-state index >= 15 is 0 Å². The van der Waals surface area contributed by atoms with Gasteiger partial charge >= 0.3 is 5.97 Å². The number of aliphatic hydroxyl groups is 1. The van der Waals surface area contributed by atoms with Crippen LogP contribution in [0.3, 0.4) is 0 Å². The second kappa shape index (κ2) is 6.82. The first kappa shape index (κ1) is 16.6. The zero-order valence-electron chi connectivity index (χ0n) is 11.4. The molecule has 0 aliphatic heterocycles. The average Bonchev–Trinajstić information content (AvgIpc) is 2.82. The highest BCUT2D eigenvalue weighted by Crippen LogP contribution is 2.11. The highest BCUT2D eigenvalue weighted by molar-refractivity contribution is 7.89. The topological polar surface area (TPSA) is 122 Å². The van der Waals surface area contributed by atoms with E-state index < -0.39 is 22.0 Å². The summed E-state index contributed by atoms with van der Waals surface area (Å²) in [5.41, 5.74) is 0. The normalized spacial score (nSPS) is 13.6. The van der Waals surface area contributed by atoms with Gasteiger partial charge in [0.1, 0.15) is 4.90 Å². The maximum absolute atomic E-state index is 12.1. The number of aliphatic carboxylic acids is 1. The van der Waals surface area contributed by atoms with E-state index in [1.165, 1.54) is 10.9 Å². The van der Waals surface area contributed by atoms with Crippen molar-refractivity contribution < 1.29 is 23.4 Å². The quantitative estimate of drug-likeness (QED) is 0.603. The zero-order chi connectivity index (χ0) is 15.3. The Labute approximate surface area is 117 Å². The van der Waals surface area contributed by atoms with E-state index in [4.69, 9.17) is 10.2 Å². The molecule has 20 heavy (non-hydrogen) atoms. The standard InChI is InChI=1S/C11H19N3O5S/c1-8(2)10(7-15)13-20(18,19)9-5-12-14(6-9)4-3-11(16)17/h5-6,8,10,13,15H,3-4,7H2,1-2H3,(H,16,17)/t10-/m1/s1. The highest BCUT2D eigenvalue weighted by Gasteiger charge is 2.23. The molecule has 0 amide bonds. The molecule has 0 aliphatic carbocycles. The summed E-state index contributed by atoms with van der Waals surface area (Å²) in [7, 11) is -3.78. The molecule has 1 rings (SSSR count). The van der Waals surface area contributed by atoms with Crippen molar-refractivity contribution in [2.24, 2.45) is 5.92 Å². The molecule has 3 N–H and O–H groups in total. The lowest BCUT2D eigenvalue weighted by Gasteiger charge is -2.19. The predicted molar refractivity (Wildman–Crippen MR) is 70.5 cm³/mol. The number of carboxylic acid groups (broad SMARTS) is 1. The Balaban J connectivity index is 2.80. The maximum Gasteiger partial charge on any atom is 0.305 e. The van der Waals surface area contributed by atoms with Gasteiger partial charge in [-0.1, -0.05) is 13.8 Å². The molecular weight excluding hydrogens is 286 g/mol. The Hall–Kier alpha value is -1.45. The largest absolute Gasteiger partial charge is 0.481 e. The number of aliphatic hydroxyl groups excluding tert-OH is 1. The van der Waals surface area contributed by atoms with Crippen LogP contribution in [-0.2, 0) is 21.4 Å². The van der Waals surface area contributed by atoms with Crippen LogP contribution < -0.4 is 4.72 Å². The van der Waals surface area contributed by atoms with Crippen molar-refractivity contribution in [3.8, 4) is 0 Å². The molecule has 1 atom stereocenters. The predicted octanol–water partition coefficient (Wildman–Crippen LogP) is -0.347. The fourth-order valence-electron chi connectivity index (χ4n) is 1.47. The van der Waals surface area contributed by atoms with E-state index in [1.807, 2.05) is 0 Å². The first-order chi connectivity index (χ1) is 9.26. The Morgan fingerprint density at radius 3 is 2.65 bits per heavy atom. The second-order valence-corrected chi connectivity index (χ2v) is 6.45. The Morgan fingerprint density at radius 1 is 1.50 bits per heavy atom. The minimum atomic E-state index is -3.78. The zero-order valence-corrected chi connectivity index (χ0v) is 12.2. The number of aromatic nitrogens is 2. The first-order valence-corrected chi connectivity index (χ1v) is 7.62. The molecule has 1 aromatic rings. The van der Waals surface area contributed by atoms with Crippen LogP contribution in [0.1, 0.15) is 20.3 Å². The van der Waals surface area contributed by atoms with Crippen molar-refractivity contribution in [3.05, 3.63) is 12.4 Å². The van der Waals surface area contributed by atoms with Crippen LogP contribution in [-0.4, -0.2) is 47.0 Å². The molecular formula is C11H19N3O5S. The van der Waals surface area contributed by atoms with Crippen LogP contribution in [0, 0.1) is 5.92 Å². The Bertz CT molecular complexity index is 552. The third kappa shape index (κ3) is 4.58. The number of nitrogens with one attached hydrogen (secondary N) is 1. The summed E-state index contributed by atoms with van der Waals surface area (Å²) >= 11 is 0. The van der Waals surface area contributed by atoms with E-state index in [1.54, 1.807) is 13.8 Å². The molecule has 0 saturated heterocycles. The van der Waals surface area contributed by atoms with Crippen LogP contribution in [0.15, 0.2) is 17.3 Å². The molecule has 8 nitrogen and oxygen atoms in total. The van der Waals surface area contributed by atoms with Gasteiger partial charge in [-0.15, -0.1) is 0 Å². The minimum absolute atomic E-state index is 0.0537. The molecule has 9 heteroatoms. The van der Waals surface area contributed by atoms with Crippen molar-refractivity contribution in [1.82, 2.24) is 14.5 Å². The molecule has 0 saturated carbocycles. The van der Waals surface area contributed by atoms with Gasteiger partial charge in [0.15, 0.2) is 0 Å². The van der Waals surface area contributed by atoms with Crippen LogP contribution in [0.2, 0.25) is 0 Å². The van der Waals surface area contributed by atoms with Gasteiger partial charge in [-0.25, -0.2) is 13.1 Å². The molecule has 0 fully saturated rings. The SMILES string of the molecule is CC(C)[C@@H](CO)NS(=O)(=O)c1cnn(CCC(=O)O)c1. The molecule has 0 radical (unpaired) electrons. The Morgan fingerprint density at radius 2 is 2.15 bits per heavy atom. The van der Waals surface area contributed by atoms with Gasteiger partial charge in [0.05, 0.1) is 25.8 Å². The molecule has 114 valence electrons. The van der Waals surface area contributed by atoms with Crippen molar-refractivity contribution in [1.29, 1.82) is 0 Å². The summed E-state index contributed by atoms with van der Waals surface area (Å²) in [6.07, 6.45) is 2.28. The second-order valence-electron chi connectivity index (χ2n) is 4.74. The van der Waals surface area contributed by atoms with E-state index in [0.29, 0.717) is 0 Å². The van der Waals surface area contributed by atoms with Gasteiger partial charge < -0.3 is 10.2 Å². The van der Waals surface area contributed by atoms with Gasteiger partial charge in [0.25, 0.3) is 0 Å². The number of carboxylic acids is 1. The molecule has 0 unspecified atom stereocenters. The summed E-state index contributed by atoms with van der Waals surface area (Å²) in [5, 5.41) is 21.5. The average molecular weight is 305 g/mol. The smallest absolute Gasteiger partial charge is 0.305 e. The van der Waals surface area contributed by atoms with Gasteiger partial charge in [-0.2, -0.15) is 5.10 Å². The fourth-order valence-corrected chi connectivity index (χ4v) is 2.80. The van der Waals surface area contributed by atoms with Crippen molar-refractivity contribution in [2.45, 2.75) is 37.8 Å².